The number of nitrogens with zero attached hydrogens (tertiary/aromatic N) is 1. The molecule has 4 rings (SSSR count). The molecule has 1 heterocycles. The Morgan fingerprint density at radius 3 is 2.16 bits per heavy atom. The zero-order chi connectivity index (χ0) is 22.7. The van der Waals surface area contributed by atoms with Crippen LogP contribution in [0, 0.1) is 17.3 Å². The van der Waals surface area contributed by atoms with Gasteiger partial charge in [0.1, 0.15) is 0 Å². The van der Waals surface area contributed by atoms with E-state index in [0.29, 0.717) is 11.8 Å². The van der Waals surface area contributed by atoms with Crippen LogP contribution in [0.5, 0.6) is 0 Å². The summed E-state index contributed by atoms with van der Waals surface area (Å²) in [4.78, 5) is 15.2. The molecule has 0 aromatic heterocycles. The van der Waals surface area contributed by atoms with E-state index in [4.69, 9.17) is 0 Å². The number of para-hydroxylation sites is 1. The van der Waals surface area contributed by atoms with E-state index in [-0.39, 0.29) is 11.3 Å². The Kier molecular flexibility index (Phi) is 6.66. The molecule has 164 valence electrons. The molecule has 0 saturated carbocycles. The van der Waals surface area contributed by atoms with Gasteiger partial charge in [0.2, 0.25) is 5.91 Å². The first-order chi connectivity index (χ1) is 15.4. The lowest BCUT2D eigenvalue weighted by Crippen LogP contribution is -2.31. The van der Waals surface area contributed by atoms with Crippen LogP contribution in [-0.2, 0) is 4.79 Å². The van der Waals surface area contributed by atoms with E-state index in [9.17, 15) is 4.79 Å². The van der Waals surface area contributed by atoms with Crippen LogP contribution in [-0.4, -0.2) is 12.5 Å². The summed E-state index contributed by atoms with van der Waals surface area (Å²) in [6.07, 6.45) is 3.35. The van der Waals surface area contributed by atoms with Crippen molar-refractivity contribution in [2.75, 3.05) is 11.4 Å². The highest BCUT2D eigenvalue weighted by Gasteiger charge is 2.47. The van der Waals surface area contributed by atoms with E-state index in [2.05, 4.69) is 97.4 Å². The largest absolute Gasteiger partial charge is 0.312 e. The SMILES string of the molecule is CC(C=C(c1ccccc1)c1ccc(Br)cc1)CC1CN(c2ccccc2)C(=O)C1(C)C. The van der Waals surface area contributed by atoms with Crippen LogP contribution in [0.2, 0.25) is 0 Å². The molecule has 0 spiro atoms. The lowest BCUT2D eigenvalue weighted by Gasteiger charge is -2.25. The quantitative estimate of drug-likeness (QED) is 0.350. The predicted octanol–water partition coefficient (Wildman–Crippen LogP) is 7.60. The van der Waals surface area contributed by atoms with Gasteiger partial charge < -0.3 is 4.90 Å². The van der Waals surface area contributed by atoms with Crippen LogP contribution in [0.4, 0.5) is 5.69 Å². The third-order valence-electron chi connectivity index (χ3n) is 6.64. The number of carbonyl (C=O) groups is 1. The maximum absolute atomic E-state index is 13.2. The van der Waals surface area contributed by atoms with Crippen LogP contribution < -0.4 is 4.90 Å². The molecular weight excluding hydrogens is 458 g/mol. The normalized spacial score (nSPS) is 19.2. The van der Waals surface area contributed by atoms with Crippen LogP contribution in [0.3, 0.4) is 0 Å². The minimum atomic E-state index is -0.373. The van der Waals surface area contributed by atoms with E-state index >= 15 is 0 Å². The molecule has 3 heteroatoms. The van der Waals surface area contributed by atoms with Crippen LogP contribution in [0.25, 0.3) is 5.57 Å². The van der Waals surface area contributed by atoms with Gasteiger partial charge in [0.15, 0.2) is 0 Å². The smallest absolute Gasteiger partial charge is 0.232 e. The van der Waals surface area contributed by atoms with Crippen molar-refractivity contribution in [1.82, 2.24) is 0 Å². The van der Waals surface area contributed by atoms with Gasteiger partial charge in [-0.1, -0.05) is 103 Å². The molecule has 3 aromatic carbocycles. The Balaban J connectivity index is 1.60. The van der Waals surface area contributed by atoms with Gasteiger partial charge in [0, 0.05) is 22.1 Å². The summed E-state index contributed by atoms with van der Waals surface area (Å²) >= 11 is 3.55. The van der Waals surface area contributed by atoms with Crippen LogP contribution in [0.15, 0.2) is 95.5 Å². The minimum absolute atomic E-state index is 0.223. The monoisotopic (exact) mass is 487 g/mol. The van der Waals surface area contributed by atoms with Gasteiger partial charge in [-0.25, -0.2) is 0 Å². The molecule has 1 amide bonds. The molecule has 32 heavy (non-hydrogen) atoms. The van der Waals surface area contributed by atoms with Crippen molar-refractivity contribution in [3.8, 4) is 0 Å². The van der Waals surface area contributed by atoms with Crippen molar-refractivity contribution >= 4 is 33.1 Å². The molecule has 0 N–H and O–H groups in total. The lowest BCUT2D eigenvalue weighted by molar-refractivity contribution is -0.125. The molecule has 2 nitrogen and oxygen atoms in total. The molecule has 1 aliphatic heterocycles. The third kappa shape index (κ3) is 4.73. The van der Waals surface area contributed by atoms with Crippen molar-refractivity contribution in [2.24, 2.45) is 17.3 Å². The van der Waals surface area contributed by atoms with Gasteiger partial charge in [-0.05, 0) is 59.2 Å². The fourth-order valence-corrected chi connectivity index (χ4v) is 4.93. The summed E-state index contributed by atoms with van der Waals surface area (Å²) < 4.78 is 1.08. The molecule has 2 atom stereocenters. The number of hydrogen-bond acceptors (Lipinski definition) is 1. The fourth-order valence-electron chi connectivity index (χ4n) is 4.66. The summed E-state index contributed by atoms with van der Waals surface area (Å²) in [6.45, 7) is 7.25. The number of benzene rings is 3. The number of halogens is 1. The standard InChI is InChI=1S/C29H30BrNO/c1-21(18-24-20-31(28(32)29(24,2)3)26-12-8-5-9-13-26)19-27(22-10-6-4-7-11-22)23-14-16-25(30)17-15-23/h4-17,19,21,24H,18,20H2,1-3H3. The topological polar surface area (TPSA) is 20.3 Å². The second-order valence-corrected chi connectivity index (χ2v) is 10.3. The number of anilines is 1. The summed E-state index contributed by atoms with van der Waals surface area (Å²) in [6, 6.07) is 29.1. The molecule has 0 radical (unpaired) electrons. The number of allylic oxidation sites excluding steroid dienone is 1. The number of carbonyl (C=O) groups excluding carboxylic acids is 1. The predicted molar refractivity (Wildman–Crippen MR) is 138 cm³/mol. The van der Waals surface area contributed by atoms with Gasteiger partial charge in [-0.15, -0.1) is 0 Å². The van der Waals surface area contributed by atoms with Gasteiger partial charge in [-0.2, -0.15) is 0 Å². The van der Waals surface area contributed by atoms with Crippen molar-refractivity contribution in [3.63, 3.8) is 0 Å². The van der Waals surface area contributed by atoms with Crippen molar-refractivity contribution in [3.05, 3.63) is 107 Å². The van der Waals surface area contributed by atoms with Gasteiger partial charge in [0.05, 0.1) is 0 Å². The van der Waals surface area contributed by atoms with Crippen molar-refractivity contribution in [2.45, 2.75) is 27.2 Å². The Morgan fingerprint density at radius 1 is 0.969 bits per heavy atom. The molecule has 1 aliphatic rings. The zero-order valence-corrected chi connectivity index (χ0v) is 20.5. The highest BCUT2D eigenvalue weighted by atomic mass is 79.9. The zero-order valence-electron chi connectivity index (χ0n) is 19.0. The van der Waals surface area contributed by atoms with Gasteiger partial charge >= 0.3 is 0 Å². The molecular formula is C29H30BrNO. The van der Waals surface area contributed by atoms with E-state index in [1.54, 1.807) is 0 Å². The maximum Gasteiger partial charge on any atom is 0.232 e. The Hall–Kier alpha value is -2.65. The summed E-state index contributed by atoms with van der Waals surface area (Å²) in [7, 11) is 0. The van der Waals surface area contributed by atoms with E-state index < -0.39 is 0 Å². The van der Waals surface area contributed by atoms with Crippen molar-refractivity contribution in [1.29, 1.82) is 0 Å². The molecule has 3 aromatic rings. The Bertz CT molecular complexity index is 1090. The Labute approximate surface area is 200 Å². The van der Waals surface area contributed by atoms with Crippen LogP contribution >= 0.6 is 15.9 Å². The second kappa shape index (κ2) is 9.46. The van der Waals surface area contributed by atoms with Gasteiger partial charge in [0.25, 0.3) is 0 Å². The van der Waals surface area contributed by atoms with Crippen molar-refractivity contribution < 1.29 is 4.79 Å². The number of hydrogen-bond donors (Lipinski definition) is 0. The van der Waals surface area contributed by atoms with Crippen LogP contribution in [0.1, 0.15) is 38.3 Å². The highest BCUT2D eigenvalue weighted by molar-refractivity contribution is 9.10. The summed E-state index contributed by atoms with van der Waals surface area (Å²) in [5.74, 6) is 0.853. The average Bonchev–Trinajstić information content (AvgIpc) is 3.03. The molecule has 1 fully saturated rings. The van der Waals surface area contributed by atoms with E-state index in [0.717, 1.165) is 23.1 Å². The summed E-state index contributed by atoms with van der Waals surface area (Å²) in [5, 5.41) is 0. The van der Waals surface area contributed by atoms with E-state index in [1.807, 2.05) is 35.2 Å². The third-order valence-corrected chi connectivity index (χ3v) is 7.16. The average molecular weight is 488 g/mol. The molecule has 0 aliphatic carbocycles. The second-order valence-electron chi connectivity index (χ2n) is 9.34. The molecule has 2 unspecified atom stereocenters. The Morgan fingerprint density at radius 2 is 1.53 bits per heavy atom. The first kappa shape index (κ1) is 22.5. The first-order valence-electron chi connectivity index (χ1n) is 11.3. The van der Waals surface area contributed by atoms with Gasteiger partial charge in [-0.3, -0.25) is 4.79 Å². The number of rotatable bonds is 6. The summed E-state index contributed by atoms with van der Waals surface area (Å²) in [5.41, 5.74) is 4.29. The first-order valence-corrected chi connectivity index (χ1v) is 12.1. The maximum atomic E-state index is 13.2. The highest BCUT2D eigenvalue weighted by Crippen LogP contribution is 2.42. The van der Waals surface area contributed by atoms with E-state index in [1.165, 1.54) is 16.7 Å². The fraction of sp³-hybridized carbons (Fsp3) is 0.276. The number of amides is 1. The lowest BCUT2D eigenvalue weighted by atomic mass is 9.76. The minimum Gasteiger partial charge on any atom is -0.312 e. The molecule has 1 saturated heterocycles. The molecule has 0 bridgehead atoms.